The molecule has 7 nitrogen and oxygen atoms in total. The summed E-state index contributed by atoms with van der Waals surface area (Å²) >= 11 is 3.36. The average molecular weight is 446 g/mol. The van der Waals surface area contributed by atoms with Gasteiger partial charge in [0.05, 0.1) is 6.10 Å². The van der Waals surface area contributed by atoms with Gasteiger partial charge in [-0.05, 0) is 30.7 Å². The second-order valence-corrected chi connectivity index (χ2v) is 7.24. The smallest absolute Gasteiger partial charge is 0.310 e. The van der Waals surface area contributed by atoms with Gasteiger partial charge in [-0.2, -0.15) is 0 Å². The van der Waals surface area contributed by atoms with Crippen LogP contribution in [0.1, 0.15) is 30.2 Å². The van der Waals surface area contributed by atoms with Crippen molar-refractivity contribution in [2.75, 3.05) is 18.0 Å². The fourth-order valence-electron chi connectivity index (χ4n) is 3.13. The first kappa shape index (κ1) is 20.0. The predicted octanol–water partition coefficient (Wildman–Crippen LogP) is 1.82. The highest BCUT2D eigenvalue weighted by atomic mass is 79.9. The molecule has 0 aliphatic carbocycles. The van der Waals surface area contributed by atoms with Crippen molar-refractivity contribution < 1.29 is 19.5 Å². The summed E-state index contributed by atoms with van der Waals surface area (Å²) in [4.78, 5) is 38.6. The lowest BCUT2D eigenvalue weighted by Gasteiger charge is -2.16. The van der Waals surface area contributed by atoms with Gasteiger partial charge in [0.1, 0.15) is 6.04 Å². The van der Waals surface area contributed by atoms with Crippen molar-refractivity contribution in [3.63, 3.8) is 0 Å². The minimum Gasteiger partial charge on any atom is -0.387 e. The molecule has 1 aliphatic heterocycles. The Bertz CT molecular complexity index is 904. The number of hydrogen-bond acceptors (Lipinski definition) is 4. The molecular weight excluding hydrogens is 426 g/mol. The van der Waals surface area contributed by atoms with Crippen LogP contribution < -0.4 is 15.5 Å². The van der Waals surface area contributed by atoms with Gasteiger partial charge in [-0.3, -0.25) is 14.4 Å². The van der Waals surface area contributed by atoms with E-state index in [1.54, 1.807) is 41.3 Å². The largest absolute Gasteiger partial charge is 0.387 e. The summed E-state index contributed by atoms with van der Waals surface area (Å²) in [6.07, 6.45) is -0.932. The first-order valence-electron chi connectivity index (χ1n) is 8.85. The topological polar surface area (TPSA) is 98.7 Å². The number of carbonyl (C=O) groups excluding carboxylic acids is 3. The molecule has 3 amide bonds. The van der Waals surface area contributed by atoms with Crippen LogP contribution in [0.4, 0.5) is 5.69 Å². The van der Waals surface area contributed by atoms with E-state index in [9.17, 15) is 19.5 Å². The SMILES string of the molecule is CCN1C(=O)[C@@H](NC(=O)C(=O)NC[C@H](O)c2ccccc2)c2cc(Br)ccc21. The molecule has 1 heterocycles. The van der Waals surface area contributed by atoms with E-state index in [4.69, 9.17) is 0 Å². The van der Waals surface area contributed by atoms with Crippen LogP contribution in [0, 0.1) is 0 Å². The fourth-order valence-corrected chi connectivity index (χ4v) is 3.51. The Morgan fingerprint density at radius 3 is 2.57 bits per heavy atom. The first-order valence-corrected chi connectivity index (χ1v) is 9.64. The molecule has 3 N–H and O–H groups in total. The number of nitrogens with zero attached hydrogens (tertiary/aromatic N) is 1. The van der Waals surface area contributed by atoms with Gasteiger partial charge in [0.2, 0.25) is 0 Å². The molecule has 3 rings (SSSR count). The number of nitrogens with one attached hydrogen (secondary N) is 2. The van der Waals surface area contributed by atoms with Gasteiger partial charge in [0.25, 0.3) is 5.91 Å². The molecular formula is C20H20BrN3O4. The van der Waals surface area contributed by atoms with E-state index in [1.807, 2.05) is 19.1 Å². The second kappa shape index (κ2) is 8.53. The van der Waals surface area contributed by atoms with Crippen LogP contribution >= 0.6 is 15.9 Å². The van der Waals surface area contributed by atoms with Crippen molar-refractivity contribution in [1.82, 2.24) is 10.6 Å². The van der Waals surface area contributed by atoms with E-state index in [-0.39, 0.29) is 12.5 Å². The van der Waals surface area contributed by atoms with Crippen LogP contribution in [0.15, 0.2) is 53.0 Å². The Labute approximate surface area is 170 Å². The monoisotopic (exact) mass is 445 g/mol. The number of anilines is 1. The highest BCUT2D eigenvalue weighted by Gasteiger charge is 2.38. The maximum absolute atomic E-state index is 12.6. The van der Waals surface area contributed by atoms with Crippen LogP contribution in [0.5, 0.6) is 0 Å². The Morgan fingerprint density at radius 1 is 1.18 bits per heavy atom. The molecule has 2 atom stereocenters. The maximum Gasteiger partial charge on any atom is 0.310 e. The van der Waals surface area contributed by atoms with E-state index in [2.05, 4.69) is 26.6 Å². The Hall–Kier alpha value is -2.71. The molecule has 0 saturated heterocycles. The van der Waals surface area contributed by atoms with Crippen LogP contribution in [0.3, 0.4) is 0 Å². The second-order valence-electron chi connectivity index (χ2n) is 6.33. The minimum absolute atomic E-state index is 0.113. The lowest BCUT2D eigenvalue weighted by Crippen LogP contribution is -2.45. The summed E-state index contributed by atoms with van der Waals surface area (Å²) in [5, 5.41) is 15.0. The summed E-state index contributed by atoms with van der Waals surface area (Å²) in [6, 6.07) is 13.2. The van der Waals surface area contributed by atoms with Crippen LogP contribution in [0.2, 0.25) is 0 Å². The van der Waals surface area contributed by atoms with Gasteiger partial charge in [-0.15, -0.1) is 0 Å². The first-order chi connectivity index (χ1) is 13.4. The molecule has 0 unspecified atom stereocenters. The van der Waals surface area contributed by atoms with Gasteiger partial charge < -0.3 is 20.6 Å². The predicted molar refractivity (Wildman–Crippen MR) is 107 cm³/mol. The number of hydrogen-bond donors (Lipinski definition) is 3. The summed E-state index contributed by atoms with van der Waals surface area (Å²) in [6.45, 7) is 2.18. The van der Waals surface area contributed by atoms with E-state index in [0.29, 0.717) is 23.4 Å². The Morgan fingerprint density at radius 2 is 1.89 bits per heavy atom. The lowest BCUT2D eigenvalue weighted by atomic mass is 10.1. The van der Waals surface area contributed by atoms with Gasteiger partial charge in [-0.1, -0.05) is 46.3 Å². The third-order valence-electron chi connectivity index (χ3n) is 4.54. The standard InChI is InChI=1S/C20H20BrN3O4/c1-2-24-15-9-8-13(21)10-14(15)17(20(24)28)23-19(27)18(26)22-11-16(25)12-6-4-3-5-7-12/h3-10,16-17,25H,2,11H2,1H3,(H,22,26)(H,23,27)/t16-,17-/m0/s1. The highest BCUT2D eigenvalue weighted by Crippen LogP contribution is 2.37. The zero-order chi connectivity index (χ0) is 20.3. The number of fused-ring (bicyclic) bond motifs is 1. The molecule has 146 valence electrons. The van der Waals surface area contributed by atoms with Crippen LogP contribution in [-0.2, 0) is 14.4 Å². The van der Waals surface area contributed by atoms with E-state index in [0.717, 1.165) is 4.47 Å². The van der Waals surface area contributed by atoms with Crippen molar-refractivity contribution in [3.05, 3.63) is 64.1 Å². The number of aliphatic hydroxyl groups excluding tert-OH is 1. The lowest BCUT2D eigenvalue weighted by molar-refractivity contribution is -0.140. The molecule has 0 bridgehead atoms. The van der Waals surface area contributed by atoms with Gasteiger partial charge in [-0.25, -0.2) is 0 Å². The van der Waals surface area contributed by atoms with Crippen molar-refractivity contribution in [2.45, 2.75) is 19.1 Å². The van der Waals surface area contributed by atoms with Crippen molar-refractivity contribution in [3.8, 4) is 0 Å². The quantitative estimate of drug-likeness (QED) is 0.611. The van der Waals surface area contributed by atoms with E-state index >= 15 is 0 Å². The van der Waals surface area contributed by atoms with Crippen molar-refractivity contribution in [1.29, 1.82) is 0 Å². The molecule has 28 heavy (non-hydrogen) atoms. The minimum atomic E-state index is -0.932. The fraction of sp³-hybridized carbons (Fsp3) is 0.250. The van der Waals surface area contributed by atoms with Gasteiger partial charge in [0.15, 0.2) is 0 Å². The van der Waals surface area contributed by atoms with Crippen LogP contribution in [-0.4, -0.2) is 35.9 Å². The molecule has 0 saturated carbocycles. The number of rotatable bonds is 5. The molecule has 2 aromatic rings. The van der Waals surface area contributed by atoms with Crippen molar-refractivity contribution >= 4 is 39.3 Å². The number of aliphatic hydroxyl groups is 1. The summed E-state index contributed by atoms with van der Waals surface area (Å²) < 4.78 is 0.770. The van der Waals surface area contributed by atoms with E-state index < -0.39 is 24.0 Å². The molecule has 1 aliphatic rings. The number of benzene rings is 2. The zero-order valence-electron chi connectivity index (χ0n) is 15.2. The molecule has 2 aromatic carbocycles. The highest BCUT2D eigenvalue weighted by molar-refractivity contribution is 9.10. The number of likely N-dealkylation sites (N-methyl/N-ethyl adjacent to an activating group) is 1. The third-order valence-corrected chi connectivity index (χ3v) is 5.04. The molecule has 0 aromatic heterocycles. The molecule has 0 radical (unpaired) electrons. The number of carbonyl (C=O) groups is 3. The summed E-state index contributed by atoms with van der Waals surface area (Å²) in [7, 11) is 0. The number of halogens is 1. The normalized spacial score (nSPS) is 16.5. The third kappa shape index (κ3) is 4.07. The van der Waals surface area contributed by atoms with Gasteiger partial charge >= 0.3 is 11.8 Å². The van der Waals surface area contributed by atoms with Gasteiger partial charge in [0, 0.05) is 28.8 Å². The Kier molecular flexibility index (Phi) is 6.11. The summed E-state index contributed by atoms with van der Waals surface area (Å²) in [5.74, 6) is -2.13. The van der Waals surface area contributed by atoms with Crippen LogP contribution in [0.25, 0.3) is 0 Å². The summed E-state index contributed by atoms with van der Waals surface area (Å²) in [5.41, 5.74) is 1.97. The Balaban J connectivity index is 1.65. The zero-order valence-corrected chi connectivity index (χ0v) is 16.8. The molecule has 0 spiro atoms. The average Bonchev–Trinajstić information content (AvgIpc) is 2.96. The van der Waals surface area contributed by atoms with Crippen molar-refractivity contribution in [2.24, 2.45) is 0 Å². The molecule has 0 fully saturated rings. The van der Waals surface area contributed by atoms with E-state index in [1.165, 1.54) is 0 Å². The number of amides is 3. The molecule has 8 heteroatoms. The maximum atomic E-state index is 12.6.